The van der Waals surface area contributed by atoms with Gasteiger partial charge in [0.05, 0.1) is 10.5 Å². The second-order valence-electron chi connectivity index (χ2n) is 5.58. The predicted molar refractivity (Wildman–Crippen MR) is 92.8 cm³/mol. The first-order valence-electron chi connectivity index (χ1n) is 7.53. The molecule has 0 aliphatic rings. The normalized spacial score (nSPS) is 11.0. The van der Waals surface area contributed by atoms with E-state index < -0.39 is 22.4 Å². The summed E-state index contributed by atoms with van der Waals surface area (Å²) in [4.78, 5) is 25.6. The van der Waals surface area contributed by atoms with Crippen LogP contribution in [0, 0.1) is 0 Å². The Hall–Kier alpha value is -2.67. The predicted octanol–water partition coefficient (Wildman–Crippen LogP) is 1.91. The molecular weight excluding hydrogens is 342 g/mol. The largest absolute Gasteiger partial charge is 0.452 e. The van der Waals surface area contributed by atoms with Crippen molar-refractivity contribution in [2.45, 2.75) is 11.4 Å². The van der Waals surface area contributed by atoms with Crippen LogP contribution < -0.4 is 0 Å². The second kappa shape index (κ2) is 7.94. The van der Waals surface area contributed by atoms with E-state index in [-0.39, 0.29) is 16.4 Å². The number of hydrogen-bond acceptors (Lipinski definition) is 5. The molecular formula is C18H19NO5S. The fourth-order valence-electron chi connectivity index (χ4n) is 2.22. The molecule has 0 heterocycles. The molecule has 0 aromatic heterocycles. The van der Waals surface area contributed by atoms with Crippen molar-refractivity contribution in [2.75, 3.05) is 19.9 Å². The van der Waals surface area contributed by atoms with Crippen molar-refractivity contribution in [1.82, 2.24) is 4.90 Å². The van der Waals surface area contributed by atoms with Crippen LogP contribution >= 0.6 is 0 Å². The molecule has 0 unspecified atom stereocenters. The summed E-state index contributed by atoms with van der Waals surface area (Å²) >= 11 is 0. The van der Waals surface area contributed by atoms with E-state index >= 15 is 0 Å². The number of esters is 1. The Labute approximate surface area is 146 Å². The molecule has 25 heavy (non-hydrogen) atoms. The van der Waals surface area contributed by atoms with Gasteiger partial charge in [0.25, 0.3) is 5.91 Å². The number of ether oxygens (including phenoxy) is 1. The fraction of sp³-hybridized carbons (Fsp3) is 0.222. The van der Waals surface area contributed by atoms with Crippen molar-refractivity contribution in [1.29, 1.82) is 0 Å². The fourth-order valence-corrected chi connectivity index (χ4v) is 3.10. The average Bonchev–Trinajstić information content (AvgIpc) is 2.59. The summed E-state index contributed by atoms with van der Waals surface area (Å²) in [5, 5.41) is 0. The van der Waals surface area contributed by atoms with Gasteiger partial charge in [-0.3, -0.25) is 4.79 Å². The molecule has 2 aromatic rings. The van der Waals surface area contributed by atoms with E-state index in [1.54, 1.807) is 7.05 Å². The molecule has 132 valence electrons. The average molecular weight is 361 g/mol. The van der Waals surface area contributed by atoms with Crippen molar-refractivity contribution in [3.05, 3.63) is 65.7 Å². The number of nitrogens with zero attached hydrogens (tertiary/aromatic N) is 1. The minimum atomic E-state index is -3.57. The molecule has 2 aromatic carbocycles. The first-order valence-corrected chi connectivity index (χ1v) is 9.42. The van der Waals surface area contributed by atoms with Crippen molar-refractivity contribution in [2.24, 2.45) is 0 Å². The lowest BCUT2D eigenvalue weighted by Crippen LogP contribution is -2.31. The Bertz CT molecular complexity index is 862. The molecule has 1 amide bonds. The zero-order valence-electron chi connectivity index (χ0n) is 14.0. The van der Waals surface area contributed by atoms with E-state index in [0.29, 0.717) is 6.54 Å². The van der Waals surface area contributed by atoms with Crippen molar-refractivity contribution in [3.8, 4) is 0 Å². The van der Waals surface area contributed by atoms with Crippen molar-refractivity contribution in [3.63, 3.8) is 0 Å². The van der Waals surface area contributed by atoms with Crippen LogP contribution in [0.4, 0.5) is 0 Å². The van der Waals surface area contributed by atoms with Crippen LogP contribution in [0.5, 0.6) is 0 Å². The third-order valence-corrected chi connectivity index (χ3v) is 4.68. The summed E-state index contributed by atoms with van der Waals surface area (Å²) in [6, 6.07) is 15.1. The monoisotopic (exact) mass is 361 g/mol. The molecule has 0 aliphatic heterocycles. The molecule has 0 spiro atoms. The molecule has 0 saturated heterocycles. The van der Waals surface area contributed by atoms with Gasteiger partial charge in [0.15, 0.2) is 16.4 Å². The third kappa shape index (κ3) is 5.15. The third-order valence-electron chi connectivity index (χ3n) is 3.52. The highest BCUT2D eigenvalue weighted by Gasteiger charge is 2.20. The minimum absolute atomic E-state index is 0.0801. The standard InChI is InChI=1S/C18H19NO5S/c1-19(12-14-8-4-3-5-9-14)17(20)13-24-18(21)15-10-6-7-11-16(15)25(2,22)23/h3-11H,12-13H2,1-2H3. The molecule has 6 nitrogen and oxygen atoms in total. The summed E-state index contributed by atoms with van der Waals surface area (Å²) in [6.07, 6.45) is 1.01. The van der Waals surface area contributed by atoms with Crippen LogP contribution in [0.2, 0.25) is 0 Å². The summed E-state index contributed by atoms with van der Waals surface area (Å²) in [5.41, 5.74) is 0.871. The number of amides is 1. The van der Waals surface area contributed by atoms with Gasteiger partial charge in [0, 0.05) is 19.8 Å². The summed E-state index contributed by atoms with van der Waals surface area (Å²) in [6.45, 7) is -0.0720. The van der Waals surface area contributed by atoms with Gasteiger partial charge in [-0.2, -0.15) is 0 Å². The number of likely N-dealkylation sites (N-methyl/N-ethyl adjacent to an activating group) is 1. The van der Waals surface area contributed by atoms with Crippen LogP contribution in [0.25, 0.3) is 0 Å². The Morgan fingerprint density at radius 3 is 2.24 bits per heavy atom. The van der Waals surface area contributed by atoms with Gasteiger partial charge in [0.2, 0.25) is 0 Å². The van der Waals surface area contributed by atoms with Crippen LogP contribution in [-0.4, -0.2) is 45.1 Å². The van der Waals surface area contributed by atoms with Gasteiger partial charge < -0.3 is 9.64 Å². The molecule has 0 radical (unpaired) electrons. The molecule has 7 heteroatoms. The number of carbonyl (C=O) groups is 2. The van der Waals surface area contributed by atoms with Crippen molar-refractivity contribution >= 4 is 21.7 Å². The lowest BCUT2D eigenvalue weighted by atomic mass is 10.2. The topological polar surface area (TPSA) is 80.8 Å². The Balaban J connectivity index is 1.99. The van der Waals surface area contributed by atoms with Crippen LogP contribution in [-0.2, 0) is 25.9 Å². The van der Waals surface area contributed by atoms with Crippen LogP contribution in [0.15, 0.2) is 59.5 Å². The van der Waals surface area contributed by atoms with Gasteiger partial charge in [-0.1, -0.05) is 42.5 Å². The van der Waals surface area contributed by atoms with Gasteiger partial charge in [-0.15, -0.1) is 0 Å². The quantitative estimate of drug-likeness (QED) is 0.734. The highest BCUT2D eigenvalue weighted by Crippen LogP contribution is 2.16. The van der Waals surface area contributed by atoms with E-state index in [9.17, 15) is 18.0 Å². The second-order valence-corrected chi connectivity index (χ2v) is 7.56. The van der Waals surface area contributed by atoms with Crippen LogP contribution in [0.1, 0.15) is 15.9 Å². The van der Waals surface area contributed by atoms with E-state index in [2.05, 4.69) is 0 Å². The zero-order chi connectivity index (χ0) is 18.4. The number of sulfone groups is 1. The summed E-state index contributed by atoms with van der Waals surface area (Å²) in [5.74, 6) is -1.23. The SMILES string of the molecule is CN(Cc1ccccc1)C(=O)COC(=O)c1ccccc1S(C)(=O)=O. The van der Waals surface area contributed by atoms with Gasteiger partial charge in [-0.05, 0) is 17.7 Å². The minimum Gasteiger partial charge on any atom is -0.452 e. The molecule has 0 aliphatic carbocycles. The maximum absolute atomic E-state index is 12.1. The number of rotatable bonds is 6. The summed E-state index contributed by atoms with van der Waals surface area (Å²) < 4.78 is 28.4. The first kappa shape index (κ1) is 18.7. The molecule has 0 N–H and O–H groups in total. The lowest BCUT2D eigenvalue weighted by molar-refractivity contribution is -0.133. The van der Waals surface area contributed by atoms with Gasteiger partial charge in [-0.25, -0.2) is 13.2 Å². The maximum atomic E-state index is 12.1. The smallest absolute Gasteiger partial charge is 0.339 e. The Kier molecular flexibility index (Phi) is 5.93. The molecule has 2 rings (SSSR count). The van der Waals surface area contributed by atoms with E-state index in [4.69, 9.17) is 4.74 Å². The number of hydrogen-bond donors (Lipinski definition) is 0. The number of benzene rings is 2. The molecule has 0 fully saturated rings. The van der Waals surface area contributed by atoms with Gasteiger partial charge >= 0.3 is 5.97 Å². The van der Waals surface area contributed by atoms with Gasteiger partial charge in [0.1, 0.15) is 0 Å². The highest BCUT2D eigenvalue weighted by atomic mass is 32.2. The van der Waals surface area contributed by atoms with Crippen molar-refractivity contribution < 1.29 is 22.7 Å². The molecule has 0 atom stereocenters. The first-order chi connectivity index (χ1) is 11.8. The molecule has 0 saturated carbocycles. The Morgan fingerprint density at radius 1 is 1.00 bits per heavy atom. The highest BCUT2D eigenvalue weighted by molar-refractivity contribution is 7.90. The van der Waals surface area contributed by atoms with E-state index in [1.165, 1.54) is 29.2 Å². The zero-order valence-corrected chi connectivity index (χ0v) is 14.8. The number of carbonyl (C=O) groups excluding carboxylic acids is 2. The van der Waals surface area contributed by atoms with E-state index in [1.807, 2.05) is 30.3 Å². The lowest BCUT2D eigenvalue weighted by Gasteiger charge is -2.17. The van der Waals surface area contributed by atoms with Crippen LogP contribution in [0.3, 0.4) is 0 Å². The maximum Gasteiger partial charge on any atom is 0.339 e. The van der Waals surface area contributed by atoms with E-state index in [0.717, 1.165) is 11.8 Å². The Morgan fingerprint density at radius 2 is 1.60 bits per heavy atom. The summed E-state index contributed by atoms with van der Waals surface area (Å²) in [7, 11) is -1.97. The molecule has 0 bridgehead atoms.